The summed E-state index contributed by atoms with van der Waals surface area (Å²) in [6, 6.07) is 19.0. The van der Waals surface area contributed by atoms with Gasteiger partial charge in [-0.3, -0.25) is 9.78 Å². The number of pyridine rings is 1. The predicted octanol–water partition coefficient (Wildman–Crippen LogP) is 3.74. The smallest absolute Gasteiger partial charge is 0.251 e. The first-order valence-electron chi connectivity index (χ1n) is 8.72. The van der Waals surface area contributed by atoms with E-state index in [0.717, 1.165) is 16.8 Å². The molecule has 0 unspecified atom stereocenters. The Morgan fingerprint density at radius 1 is 0.963 bits per heavy atom. The first-order valence-corrected chi connectivity index (χ1v) is 8.72. The van der Waals surface area contributed by atoms with E-state index in [4.69, 9.17) is 9.47 Å². The summed E-state index contributed by atoms with van der Waals surface area (Å²) >= 11 is 0. The van der Waals surface area contributed by atoms with Crippen LogP contribution in [-0.4, -0.2) is 31.7 Å². The molecule has 5 heteroatoms. The normalized spacial score (nSPS) is 10.3. The van der Waals surface area contributed by atoms with Gasteiger partial charge in [0, 0.05) is 23.9 Å². The number of ether oxygens (including phenoxy) is 2. The van der Waals surface area contributed by atoms with Crippen molar-refractivity contribution in [3.05, 3.63) is 78.0 Å². The molecule has 3 aromatic rings. The minimum Gasteiger partial charge on any atom is -0.493 e. The second kappa shape index (κ2) is 8.85. The van der Waals surface area contributed by atoms with E-state index in [0.29, 0.717) is 30.0 Å². The predicted molar refractivity (Wildman–Crippen MR) is 105 cm³/mol. The standard InChI is InChI=1S/C22H22N2O3/c1-26-20-11-6-16(15-21(20)27-2)12-14-24-22(25)18-9-7-17(8-10-18)19-5-3-4-13-23-19/h3-11,13,15H,12,14H2,1-2H3,(H,24,25). The van der Waals surface area contributed by atoms with Gasteiger partial charge in [0.1, 0.15) is 0 Å². The molecule has 1 heterocycles. The molecule has 0 saturated carbocycles. The molecular formula is C22H22N2O3. The summed E-state index contributed by atoms with van der Waals surface area (Å²) in [5.74, 6) is 1.28. The van der Waals surface area contributed by atoms with Crippen LogP contribution in [0.25, 0.3) is 11.3 Å². The Bertz CT molecular complexity index is 893. The molecule has 1 aromatic heterocycles. The topological polar surface area (TPSA) is 60.5 Å². The SMILES string of the molecule is COc1ccc(CCNC(=O)c2ccc(-c3ccccn3)cc2)cc1OC. The minimum atomic E-state index is -0.0944. The van der Waals surface area contributed by atoms with E-state index in [1.54, 1.807) is 20.4 Å². The molecule has 0 aliphatic rings. The average Bonchev–Trinajstić information content (AvgIpc) is 2.74. The highest BCUT2D eigenvalue weighted by Gasteiger charge is 2.08. The molecule has 0 aliphatic carbocycles. The van der Waals surface area contributed by atoms with E-state index < -0.39 is 0 Å². The van der Waals surface area contributed by atoms with Crippen LogP contribution in [0.1, 0.15) is 15.9 Å². The van der Waals surface area contributed by atoms with Crippen molar-refractivity contribution in [2.45, 2.75) is 6.42 Å². The van der Waals surface area contributed by atoms with Crippen LogP contribution in [0.3, 0.4) is 0 Å². The zero-order valence-corrected chi connectivity index (χ0v) is 15.4. The fraction of sp³-hybridized carbons (Fsp3) is 0.182. The summed E-state index contributed by atoms with van der Waals surface area (Å²) in [6.07, 6.45) is 2.46. The largest absolute Gasteiger partial charge is 0.493 e. The van der Waals surface area contributed by atoms with Gasteiger partial charge in [0.05, 0.1) is 19.9 Å². The van der Waals surface area contributed by atoms with E-state index in [9.17, 15) is 4.79 Å². The molecule has 5 nitrogen and oxygen atoms in total. The maximum absolute atomic E-state index is 12.3. The van der Waals surface area contributed by atoms with Gasteiger partial charge in [-0.2, -0.15) is 0 Å². The Labute approximate surface area is 159 Å². The summed E-state index contributed by atoms with van der Waals surface area (Å²) in [5.41, 5.74) is 3.57. The van der Waals surface area contributed by atoms with Crippen LogP contribution in [0.4, 0.5) is 0 Å². The molecule has 0 saturated heterocycles. The van der Waals surface area contributed by atoms with E-state index >= 15 is 0 Å². The van der Waals surface area contributed by atoms with Gasteiger partial charge in [0.15, 0.2) is 11.5 Å². The van der Waals surface area contributed by atoms with Crippen LogP contribution in [0.5, 0.6) is 11.5 Å². The van der Waals surface area contributed by atoms with Gasteiger partial charge >= 0.3 is 0 Å². The quantitative estimate of drug-likeness (QED) is 0.696. The highest BCUT2D eigenvalue weighted by Crippen LogP contribution is 2.27. The fourth-order valence-corrected chi connectivity index (χ4v) is 2.78. The Hall–Kier alpha value is -3.34. The van der Waals surface area contributed by atoms with Crippen molar-refractivity contribution in [3.8, 4) is 22.8 Å². The Morgan fingerprint density at radius 3 is 2.41 bits per heavy atom. The van der Waals surface area contributed by atoms with Crippen molar-refractivity contribution in [2.24, 2.45) is 0 Å². The molecule has 0 aliphatic heterocycles. The van der Waals surface area contributed by atoms with Gasteiger partial charge < -0.3 is 14.8 Å². The summed E-state index contributed by atoms with van der Waals surface area (Å²) in [7, 11) is 3.22. The first kappa shape index (κ1) is 18.5. The number of carbonyl (C=O) groups is 1. The van der Waals surface area contributed by atoms with Gasteiger partial charge in [0.2, 0.25) is 0 Å². The van der Waals surface area contributed by atoms with Crippen LogP contribution in [-0.2, 0) is 6.42 Å². The Balaban J connectivity index is 1.56. The zero-order valence-electron chi connectivity index (χ0n) is 15.4. The first-order chi connectivity index (χ1) is 13.2. The third kappa shape index (κ3) is 4.64. The van der Waals surface area contributed by atoms with Crippen LogP contribution in [0.15, 0.2) is 66.9 Å². The number of nitrogens with one attached hydrogen (secondary N) is 1. The number of amides is 1. The van der Waals surface area contributed by atoms with Crippen LogP contribution < -0.4 is 14.8 Å². The monoisotopic (exact) mass is 362 g/mol. The van der Waals surface area contributed by atoms with Crippen molar-refractivity contribution < 1.29 is 14.3 Å². The third-order valence-electron chi connectivity index (χ3n) is 4.25. The number of rotatable bonds is 7. The molecule has 138 valence electrons. The number of hydrogen-bond donors (Lipinski definition) is 1. The lowest BCUT2D eigenvalue weighted by atomic mass is 10.1. The second-order valence-electron chi connectivity index (χ2n) is 5.99. The number of aromatic nitrogens is 1. The van der Waals surface area contributed by atoms with Crippen molar-refractivity contribution >= 4 is 5.91 Å². The molecular weight excluding hydrogens is 340 g/mol. The maximum atomic E-state index is 12.3. The average molecular weight is 362 g/mol. The van der Waals surface area contributed by atoms with Gasteiger partial charge in [0.25, 0.3) is 5.91 Å². The van der Waals surface area contributed by atoms with Gasteiger partial charge in [-0.1, -0.05) is 24.3 Å². The van der Waals surface area contributed by atoms with E-state index in [1.165, 1.54) is 0 Å². The molecule has 0 bridgehead atoms. The number of methoxy groups -OCH3 is 2. The molecule has 27 heavy (non-hydrogen) atoms. The summed E-state index contributed by atoms with van der Waals surface area (Å²) < 4.78 is 10.5. The highest BCUT2D eigenvalue weighted by molar-refractivity contribution is 5.94. The minimum absolute atomic E-state index is 0.0944. The molecule has 0 radical (unpaired) electrons. The number of hydrogen-bond acceptors (Lipinski definition) is 4. The molecule has 0 atom stereocenters. The van der Waals surface area contributed by atoms with E-state index in [2.05, 4.69) is 10.3 Å². The number of benzene rings is 2. The van der Waals surface area contributed by atoms with Gasteiger partial charge in [-0.05, 0) is 48.4 Å². The number of nitrogens with zero attached hydrogens (tertiary/aromatic N) is 1. The molecule has 2 aromatic carbocycles. The lowest BCUT2D eigenvalue weighted by molar-refractivity contribution is 0.0954. The summed E-state index contributed by atoms with van der Waals surface area (Å²) in [5, 5.41) is 2.95. The lowest BCUT2D eigenvalue weighted by Crippen LogP contribution is -2.25. The van der Waals surface area contributed by atoms with Crippen molar-refractivity contribution in [3.63, 3.8) is 0 Å². The van der Waals surface area contributed by atoms with Crippen LogP contribution in [0, 0.1) is 0 Å². The van der Waals surface area contributed by atoms with Gasteiger partial charge in [-0.15, -0.1) is 0 Å². The van der Waals surface area contributed by atoms with Crippen molar-refractivity contribution in [1.29, 1.82) is 0 Å². The Morgan fingerprint density at radius 2 is 1.74 bits per heavy atom. The van der Waals surface area contributed by atoms with Gasteiger partial charge in [-0.25, -0.2) is 0 Å². The molecule has 0 fully saturated rings. The van der Waals surface area contributed by atoms with Crippen molar-refractivity contribution in [2.75, 3.05) is 20.8 Å². The number of carbonyl (C=O) groups excluding carboxylic acids is 1. The second-order valence-corrected chi connectivity index (χ2v) is 5.99. The third-order valence-corrected chi connectivity index (χ3v) is 4.25. The molecule has 1 N–H and O–H groups in total. The van der Waals surface area contributed by atoms with E-state index in [1.807, 2.05) is 60.7 Å². The zero-order chi connectivity index (χ0) is 19.1. The van der Waals surface area contributed by atoms with E-state index in [-0.39, 0.29) is 5.91 Å². The van der Waals surface area contributed by atoms with Crippen molar-refractivity contribution in [1.82, 2.24) is 10.3 Å². The maximum Gasteiger partial charge on any atom is 0.251 e. The molecule has 0 spiro atoms. The summed E-state index contributed by atoms with van der Waals surface area (Å²) in [4.78, 5) is 16.6. The Kier molecular flexibility index (Phi) is 6.05. The van der Waals surface area contributed by atoms with Crippen LogP contribution >= 0.6 is 0 Å². The van der Waals surface area contributed by atoms with Crippen LogP contribution in [0.2, 0.25) is 0 Å². The lowest BCUT2D eigenvalue weighted by Gasteiger charge is -2.10. The molecule has 1 amide bonds. The molecule has 3 rings (SSSR count). The highest BCUT2D eigenvalue weighted by atomic mass is 16.5. The fourth-order valence-electron chi connectivity index (χ4n) is 2.78. The summed E-state index contributed by atoms with van der Waals surface area (Å²) in [6.45, 7) is 0.538.